The van der Waals surface area contributed by atoms with E-state index in [2.05, 4.69) is 63.8 Å². The molecule has 11 heteroatoms. The van der Waals surface area contributed by atoms with Crippen molar-refractivity contribution < 1.29 is 9.13 Å². The second-order valence-corrected chi connectivity index (χ2v) is 11.3. The van der Waals surface area contributed by atoms with Crippen LogP contribution in [0.5, 0.6) is 5.75 Å². The smallest absolute Gasteiger partial charge is 0.213 e. The largest absolute Gasteiger partial charge is 0.494 e. The molecule has 1 aliphatic carbocycles. The first kappa shape index (κ1) is 26.8. The molecule has 3 aromatic heterocycles. The molecule has 1 aromatic carbocycles. The Morgan fingerprint density at radius 1 is 1.23 bits per heavy atom. The first-order chi connectivity index (χ1) is 19.1. The summed E-state index contributed by atoms with van der Waals surface area (Å²) in [6.45, 7) is 8.69. The summed E-state index contributed by atoms with van der Waals surface area (Å²) < 4.78 is 21.2. The number of halogens is 1. The maximum Gasteiger partial charge on any atom is 0.213 e. The normalized spacial score (nSPS) is 14.7. The Kier molecular flexibility index (Phi) is 6.76. The van der Waals surface area contributed by atoms with Crippen LogP contribution >= 0.6 is 0 Å². The quantitative estimate of drug-likeness (QED) is 0.289. The van der Waals surface area contributed by atoms with Gasteiger partial charge in [-0.25, -0.2) is 9.67 Å². The third-order valence-electron chi connectivity index (χ3n) is 6.96. The summed E-state index contributed by atoms with van der Waals surface area (Å²) in [4.78, 5) is 8.53. The Morgan fingerprint density at radius 2 is 2.00 bits per heavy atom. The van der Waals surface area contributed by atoms with Crippen LogP contribution in [0.4, 0.5) is 15.8 Å². The molecule has 3 heterocycles. The molecule has 1 aliphatic rings. The number of rotatable bonds is 8. The second kappa shape index (κ2) is 10.1. The number of nitrogens with zero attached hydrogens (tertiary/aromatic N) is 7. The van der Waals surface area contributed by atoms with Gasteiger partial charge in [0.1, 0.15) is 23.0 Å². The van der Waals surface area contributed by atoms with E-state index in [1.807, 2.05) is 12.1 Å². The Balaban J connectivity index is 1.63. The minimum absolute atomic E-state index is 0.0331. The zero-order valence-corrected chi connectivity index (χ0v) is 23.1. The summed E-state index contributed by atoms with van der Waals surface area (Å²) in [5.74, 6) is -0.0665. The Hall–Kier alpha value is -4.77. The van der Waals surface area contributed by atoms with Gasteiger partial charge in [0.2, 0.25) is 5.95 Å². The zero-order valence-electron chi connectivity index (χ0n) is 23.1. The van der Waals surface area contributed by atoms with E-state index >= 15 is 0 Å². The van der Waals surface area contributed by atoms with Gasteiger partial charge in [0, 0.05) is 41.1 Å². The number of pyridine rings is 2. The van der Waals surface area contributed by atoms with E-state index in [0.29, 0.717) is 69.9 Å². The Bertz CT molecular complexity index is 1670. The average Bonchev–Trinajstić information content (AvgIpc) is 3.57. The summed E-state index contributed by atoms with van der Waals surface area (Å²) in [5.41, 5.74) is 3.37. The molecule has 5 rings (SSSR count). The molecule has 0 spiro atoms. The number of fused-ring (bicyclic) bond motifs is 1. The highest BCUT2D eigenvalue weighted by Gasteiger charge is 2.47. The summed E-state index contributed by atoms with van der Waals surface area (Å²) in [5, 5.41) is 35.8. The van der Waals surface area contributed by atoms with E-state index in [4.69, 9.17) is 4.74 Å². The van der Waals surface area contributed by atoms with Crippen molar-refractivity contribution in [1.82, 2.24) is 25.0 Å². The molecule has 0 radical (unpaired) electrons. The number of benzene rings is 1. The van der Waals surface area contributed by atoms with Gasteiger partial charge in [0.05, 0.1) is 36.7 Å². The van der Waals surface area contributed by atoms with Crippen molar-refractivity contribution in [3.05, 3.63) is 65.1 Å². The summed E-state index contributed by atoms with van der Waals surface area (Å²) in [6, 6.07) is 10.7. The topological polar surface area (TPSA) is 137 Å². The lowest BCUT2D eigenvalue weighted by atomic mass is 9.96. The van der Waals surface area contributed by atoms with Crippen LogP contribution in [0.15, 0.2) is 36.7 Å². The number of aryl methyl sites for hydroxylation is 1. The monoisotopic (exact) mass is 539 g/mol. The number of nitrogens with one attached hydrogen (secondary N) is 2. The highest BCUT2D eigenvalue weighted by molar-refractivity contribution is 5.99. The van der Waals surface area contributed by atoms with Crippen LogP contribution in [0.3, 0.4) is 0 Å². The van der Waals surface area contributed by atoms with E-state index in [1.54, 1.807) is 37.2 Å². The van der Waals surface area contributed by atoms with Crippen LogP contribution in [-0.2, 0) is 5.54 Å². The zero-order chi connectivity index (χ0) is 28.7. The number of methoxy groups -OCH3 is 1. The van der Waals surface area contributed by atoms with Crippen molar-refractivity contribution in [2.75, 3.05) is 24.3 Å². The molecular formula is C29H30FN9O. The Labute approximate surface area is 231 Å². The van der Waals surface area contributed by atoms with E-state index in [0.717, 1.165) is 0 Å². The lowest BCUT2D eigenvalue weighted by Crippen LogP contribution is -2.20. The molecule has 10 nitrogen and oxygen atoms in total. The van der Waals surface area contributed by atoms with Gasteiger partial charge < -0.3 is 15.4 Å². The highest BCUT2D eigenvalue weighted by Crippen LogP contribution is 2.43. The molecule has 2 N–H and O–H groups in total. The van der Waals surface area contributed by atoms with Crippen LogP contribution in [0, 0.1) is 40.9 Å². The van der Waals surface area contributed by atoms with Crippen LogP contribution in [0.2, 0.25) is 0 Å². The van der Waals surface area contributed by atoms with Crippen LogP contribution in [0.25, 0.3) is 10.9 Å². The van der Waals surface area contributed by atoms with E-state index in [9.17, 15) is 14.9 Å². The molecule has 0 bridgehead atoms. The molecule has 1 unspecified atom stereocenters. The van der Waals surface area contributed by atoms with Crippen molar-refractivity contribution in [3.63, 3.8) is 0 Å². The molecule has 204 valence electrons. The number of aromatic nitrogens is 5. The summed E-state index contributed by atoms with van der Waals surface area (Å²) in [6.07, 6.45) is 4.71. The standard InChI is InChI=1S/C29H30FN9O/c1-17-20(6-7-24(30)35-17)26(22-14-39(38-37-22)29(15-32)8-9-29)36-19-10-21-25(34-16-28(2,3)4)18(12-31)13-33-27(21)23(11-19)40-5/h6-7,10-11,13-14,26,36H,8-9,16H2,1-5H3,(H,33,34). The number of anilines is 2. The van der Waals surface area contributed by atoms with Gasteiger partial charge in [0.25, 0.3) is 0 Å². The van der Waals surface area contributed by atoms with Gasteiger partial charge in [-0.2, -0.15) is 14.9 Å². The predicted molar refractivity (Wildman–Crippen MR) is 148 cm³/mol. The second-order valence-electron chi connectivity index (χ2n) is 11.3. The van der Waals surface area contributed by atoms with Gasteiger partial charge in [-0.05, 0) is 37.3 Å². The summed E-state index contributed by atoms with van der Waals surface area (Å²) >= 11 is 0. The van der Waals surface area contributed by atoms with Crippen molar-refractivity contribution in [3.8, 4) is 17.9 Å². The molecule has 1 atom stereocenters. The van der Waals surface area contributed by atoms with Gasteiger partial charge in [0.15, 0.2) is 5.54 Å². The molecule has 0 saturated heterocycles. The van der Waals surface area contributed by atoms with Gasteiger partial charge >= 0.3 is 0 Å². The Morgan fingerprint density at radius 3 is 2.62 bits per heavy atom. The molecule has 0 amide bonds. The van der Waals surface area contributed by atoms with E-state index < -0.39 is 17.5 Å². The van der Waals surface area contributed by atoms with Gasteiger partial charge in [-0.1, -0.05) is 32.1 Å². The fourth-order valence-corrected chi connectivity index (χ4v) is 4.59. The first-order valence-electron chi connectivity index (χ1n) is 13.0. The maximum atomic E-state index is 13.9. The van der Waals surface area contributed by atoms with Gasteiger partial charge in [-0.15, -0.1) is 5.10 Å². The van der Waals surface area contributed by atoms with Crippen molar-refractivity contribution in [2.45, 2.75) is 52.1 Å². The lowest BCUT2D eigenvalue weighted by molar-refractivity contribution is 0.419. The van der Waals surface area contributed by atoms with Crippen LogP contribution in [-0.4, -0.2) is 38.6 Å². The minimum atomic E-state index is -0.676. The first-order valence-corrected chi connectivity index (χ1v) is 13.0. The molecule has 40 heavy (non-hydrogen) atoms. The van der Waals surface area contributed by atoms with Crippen LogP contribution in [0.1, 0.15) is 62.2 Å². The van der Waals surface area contributed by atoms with E-state index in [1.165, 1.54) is 6.07 Å². The van der Waals surface area contributed by atoms with Crippen LogP contribution < -0.4 is 15.4 Å². The third-order valence-corrected chi connectivity index (χ3v) is 6.96. The molecule has 0 aliphatic heterocycles. The summed E-state index contributed by atoms with van der Waals surface area (Å²) in [7, 11) is 1.56. The van der Waals surface area contributed by atoms with Crippen molar-refractivity contribution in [2.24, 2.45) is 5.41 Å². The van der Waals surface area contributed by atoms with Crippen molar-refractivity contribution >= 4 is 22.3 Å². The fourth-order valence-electron chi connectivity index (χ4n) is 4.59. The van der Waals surface area contributed by atoms with Crippen molar-refractivity contribution in [1.29, 1.82) is 10.5 Å². The molecule has 1 fully saturated rings. The number of hydrogen-bond donors (Lipinski definition) is 2. The third kappa shape index (κ3) is 5.10. The number of hydrogen-bond acceptors (Lipinski definition) is 9. The lowest BCUT2D eigenvalue weighted by Gasteiger charge is -2.23. The average molecular weight is 540 g/mol. The minimum Gasteiger partial charge on any atom is -0.494 e. The van der Waals surface area contributed by atoms with E-state index in [-0.39, 0.29) is 5.41 Å². The highest BCUT2D eigenvalue weighted by atomic mass is 19.1. The number of nitriles is 2. The number of ether oxygens (including phenoxy) is 1. The predicted octanol–water partition coefficient (Wildman–Crippen LogP) is 5.22. The SMILES string of the molecule is COc1cc(NC(c2cn(C3(C#N)CC3)nn2)c2ccc(F)nc2C)cc2c(NCC(C)(C)C)c(C#N)cnc12. The van der Waals surface area contributed by atoms with Gasteiger partial charge in [-0.3, -0.25) is 4.98 Å². The molecule has 1 saturated carbocycles. The fraction of sp³-hybridized carbons (Fsp3) is 0.379. The maximum absolute atomic E-state index is 13.9. The molecular weight excluding hydrogens is 509 g/mol. The molecule has 4 aromatic rings.